The van der Waals surface area contributed by atoms with Crippen LogP contribution in [-0.2, 0) is 18.8 Å². The van der Waals surface area contributed by atoms with E-state index < -0.39 is 5.97 Å². The van der Waals surface area contributed by atoms with E-state index in [2.05, 4.69) is 60.1 Å². The first-order chi connectivity index (χ1) is 18.8. The van der Waals surface area contributed by atoms with E-state index in [1.807, 2.05) is 26.4 Å². The lowest BCUT2D eigenvalue weighted by Crippen LogP contribution is -2.38. The lowest BCUT2D eigenvalue weighted by atomic mass is 9.93. The van der Waals surface area contributed by atoms with Gasteiger partial charge in [-0.1, -0.05) is 32.0 Å². The second-order valence-corrected chi connectivity index (χ2v) is 10.5. The predicted molar refractivity (Wildman–Crippen MR) is 154 cm³/mol. The maximum absolute atomic E-state index is 12.7. The second-order valence-electron chi connectivity index (χ2n) is 10.5. The minimum Gasteiger partial charge on any atom is -0.464 e. The summed E-state index contributed by atoms with van der Waals surface area (Å²) in [5.41, 5.74) is 7.86. The molecule has 2 aromatic carbocycles. The molecule has 8 nitrogen and oxygen atoms in total. The molecule has 39 heavy (non-hydrogen) atoms. The highest BCUT2D eigenvalue weighted by atomic mass is 16.5. The quantitative estimate of drug-likeness (QED) is 0.293. The molecular formula is C31H31N5O3. The number of benzene rings is 2. The van der Waals surface area contributed by atoms with Gasteiger partial charge in [-0.25, -0.2) is 14.6 Å². The highest BCUT2D eigenvalue weighted by Crippen LogP contribution is 2.36. The second kappa shape index (κ2) is 9.38. The molecule has 5 aromatic rings. The number of esters is 1. The third-order valence-corrected chi connectivity index (χ3v) is 7.83. The summed E-state index contributed by atoms with van der Waals surface area (Å²) in [7, 11) is 5.03. The molecule has 0 saturated carbocycles. The van der Waals surface area contributed by atoms with Gasteiger partial charge < -0.3 is 9.64 Å². The molecule has 1 fully saturated rings. The first kappa shape index (κ1) is 24.9. The number of rotatable bonds is 5. The number of pyridine rings is 2. The van der Waals surface area contributed by atoms with Gasteiger partial charge in [0.1, 0.15) is 0 Å². The predicted octanol–water partition coefficient (Wildman–Crippen LogP) is 5.27. The van der Waals surface area contributed by atoms with E-state index in [9.17, 15) is 9.59 Å². The van der Waals surface area contributed by atoms with Gasteiger partial charge in [-0.05, 0) is 58.7 Å². The van der Waals surface area contributed by atoms with E-state index in [-0.39, 0.29) is 11.6 Å². The number of fused-ring (bicyclic) bond motifs is 2. The number of hydrogen-bond donors (Lipinski definition) is 0. The molecule has 4 heterocycles. The van der Waals surface area contributed by atoms with Crippen molar-refractivity contribution in [1.82, 2.24) is 19.1 Å². The molecule has 0 spiro atoms. The summed E-state index contributed by atoms with van der Waals surface area (Å²) in [4.78, 5) is 36.5. The summed E-state index contributed by atoms with van der Waals surface area (Å²) >= 11 is 0. The van der Waals surface area contributed by atoms with Crippen LogP contribution in [0.1, 0.15) is 42.2 Å². The van der Waals surface area contributed by atoms with Gasteiger partial charge >= 0.3 is 11.7 Å². The van der Waals surface area contributed by atoms with Crippen molar-refractivity contribution in [2.75, 3.05) is 25.1 Å². The van der Waals surface area contributed by atoms with Crippen LogP contribution in [0.15, 0.2) is 59.7 Å². The van der Waals surface area contributed by atoms with Crippen LogP contribution in [0.4, 0.5) is 5.69 Å². The lowest BCUT2D eigenvalue weighted by Gasteiger charge is -2.34. The molecule has 1 saturated heterocycles. The molecule has 0 atom stereocenters. The maximum atomic E-state index is 12.7. The summed E-state index contributed by atoms with van der Waals surface area (Å²) in [6.07, 6.45) is 4.68. The summed E-state index contributed by atoms with van der Waals surface area (Å²) in [5, 5.41) is 2.08. The average Bonchev–Trinajstić information content (AvgIpc) is 3.14. The molecule has 8 heteroatoms. The van der Waals surface area contributed by atoms with Crippen molar-refractivity contribution < 1.29 is 9.53 Å². The third-order valence-electron chi connectivity index (χ3n) is 7.83. The van der Waals surface area contributed by atoms with E-state index in [4.69, 9.17) is 9.72 Å². The van der Waals surface area contributed by atoms with Crippen LogP contribution >= 0.6 is 0 Å². The standard InChI is InChI=1S/C31H31N5O3/c1-18(2)23-12-20(14-27-29(23)35(4)31(38)34(27)3)22-9-6-8-19-13-25(32-17-24(19)22)21-15-26(36-10-7-11-36)28(33-16-21)30(37)39-5/h6,8-9,12-18H,7,10-11H2,1-5H3. The molecule has 0 bridgehead atoms. The Morgan fingerprint density at radius 2 is 1.77 bits per heavy atom. The Kier molecular flexibility index (Phi) is 5.98. The van der Waals surface area contributed by atoms with Crippen molar-refractivity contribution in [1.29, 1.82) is 0 Å². The fraction of sp³-hybridized carbons (Fsp3) is 0.290. The Hall–Kier alpha value is -4.46. The number of methoxy groups -OCH3 is 1. The Bertz CT molecular complexity index is 1830. The van der Waals surface area contributed by atoms with Crippen molar-refractivity contribution >= 4 is 33.5 Å². The summed E-state index contributed by atoms with van der Waals surface area (Å²) < 4.78 is 8.41. The van der Waals surface area contributed by atoms with E-state index in [0.717, 1.165) is 75.0 Å². The average molecular weight is 522 g/mol. The third kappa shape index (κ3) is 3.98. The number of aryl methyl sites for hydroxylation is 2. The monoisotopic (exact) mass is 521 g/mol. The summed E-state index contributed by atoms with van der Waals surface area (Å²) in [6.45, 7) is 6.08. The minimum atomic E-state index is -0.437. The van der Waals surface area contributed by atoms with Crippen LogP contribution in [0.5, 0.6) is 0 Å². The highest BCUT2D eigenvalue weighted by Gasteiger charge is 2.24. The van der Waals surface area contributed by atoms with Crippen LogP contribution in [0.3, 0.4) is 0 Å². The highest BCUT2D eigenvalue weighted by molar-refractivity contribution is 6.00. The number of hydrogen-bond acceptors (Lipinski definition) is 6. The van der Waals surface area contributed by atoms with Gasteiger partial charge in [-0.15, -0.1) is 0 Å². The van der Waals surface area contributed by atoms with E-state index in [0.29, 0.717) is 5.69 Å². The zero-order valence-corrected chi connectivity index (χ0v) is 22.9. The SMILES string of the molecule is COC(=O)c1ncc(-c2cc3cccc(-c4cc(C(C)C)c5c(c4)n(C)c(=O)n5C)c3cn2)cc1N1CCC1. The maximum Gasteiger partial charge on any atom is 0.358 e. The number of anilines is 1. The van der Waals surface area contributed by atoms with Gasteiger partial charge in [0.05, 0.1) is 29.5 Å². The Morgan fingerprint density at radius 3 is 2.46 bits per heavy atom. The fourth-order valence-corrected chi connectivity index (χ4v) is 5.51. The van der Waals surface area contributed by atoms with Gasteiger partial charge in [0.15, 0.2) is 5.69 Å². The molecule has 198 valence electrons. The molecular weight excluding hydrogens is 490 g/mol. The molecule has 1 aliphatic rings. The topological polar surface area (TPSA) is 82.2 Å². The molecule has 0 amide bonds. The van der Waals surface area contributed by atoms with Crippen molar-refractivity contribution in [3.63, 3.8) is 0 Å². The largest absolute Gasteiger partial charge is 0.464 e. The molecule has 0 N–H and O–H groups in total. The molecule has 6 rings (SSSR count). The zero-order valence-electron chi connectivity index (χ0n) is 22.9. The summed E-state index contributed by atoms with van der Waals surface area (Å²) in [5.74, 6) is -0.186. The van der Waals surface area contributed by atoms with Crippen LogP contribution in [-0.4, -0.2) is 45.3 Å². The molecule has 0 aliphatic carbocycles. The van der Waals surface area contributed by atoms with Crippen LogP contribution in [0.25, 0.3) is 44.2 Å². The number of aromatic nitrogens is 4. The number of carbonyl (C=O) groups is 1. The lowest BCUT2D eigenvalue weighted by molar-refractivity contribution is 0.0594. The smallest absolute Gasteiger partial charge is 0.358 e. The van der Waals surface area contributed by atoms with E-state index in [1.54, 1.807) is 15.3 Å². The van der Waals surface area contributed by atoms with Crippen molar-refractivity contribution in [2.24, 2.45) is 14.1 Å². The molecule has 0 unspecified atom stereocenters. The minimum absolute atomic E-state index is 0.0299. The molecule has 0 radical (unpaired) electrons. The first-order valence-corrected chi connectivity index (χ1v) is 13.2. The van der Waals surface area contributed by atoms with Crippen LogP contribution in [0.2, 0.25) is 0 Å². The number of nitrogens with zero attached hydrogens (tertiary/aromatic N) is 5. The molecule has 1 aliphatic heterocycles. The fourth-order valence-electron chi connectivity index (χ4n) is 5.51. The van der Waals surface area contributed by atoms with E-state index >= 15 is 0 Å². The van der Waals surface area contributed by atoms with Crippen molar-refractivity contribution in [3.05, 3.63) is 76.6 Å². The first-order valence-electron chi connectivity index (χ1n) is 13.2. The summed E-state index contributed by atoms with van der Waals surface area (Å²) in [6, 6.07) is 14.6. The number of imidazole rings is 1. The number of carbonyl (C=O) groups excluding carboxylic acids is 1. The molecule has 3 aromatic heterocycles. The Labute approximate surface area is 226 Å². The van der Waals surface area contributed by atoms with Crippen LogP contribution in [0, 0.1) is 0 Å². The Balaban J connectivity index is 1.48. The van der Waals surface area contributed by atoms with Gasteiger partial charge in [-0.2, -0.15) is 0 Å². The normalized spacial score (nSPS) is 13.3. The van der Waals surface area contributed by atoms with Crippen molar-refractivity contribution in [2.45, 2.75) is 26.2 Å². The zero-order chi connectivity index (χ0) is 27.4. The number of ether oxygens (including phenoxy) is 1. The van der Waals surface area contributed by atoms with Gasteiger partial charge in [0.2, 0.25) is 0 Å². The van der Waals surface area contributed by atoms with E-state index in [1.165, 1.54) is 7.11 Å². The van der Waals surface area contributed by atoms with Crippen molar-refractivity contribution in [3.8, 4) is 22.4 Å². The van der Waals surface area contributed by atoms with Gasteiger partial charge in [-0.3, -0.25) is 14.1 Å². The van der Waals surface area contributed by atoms with Gasteiger partial charge in [0.25, 0.3) is 0 Å². The van der Waals surface area contributed by atoms with Gasteiger partial charge in [0, 0.05) is 50.5 Å². The van der Waals surface area contributed by atoms with Crippen LogP contribution < -0.4 is 10.6 Å². The Morgan fingerprint density at radius 1 is 0.974 bits per heavy atom.